The van der Waals surface area contributed by atoms with Crippen molar-refractivity contribution in [1.29, 1.82) is 0 Å². The number of ether oxygens (including phenoxy) is 1. The van der Waals surface area contributed by atoms with E-state index in [1.54, 1.807) is 7.11 Å². The van der Waals surface area contributed by atoms with E-state index in [1.807, 2.05) is 30.0 Å². The third kappa shape index (κ3) is 2.98. The second kappa shape index (κ2) is 5.69. The molecule has 1 aromatic rings. The predicted octanol–water partition coefficient (Wildman–Crippen LogP) is 3.66. The van der Waals surface area contributed by atoms with Crippen LogP contribution in [-0.2, 0) is 0 Å². The fourth-order valence-electron chi connectivity index (χ4n) is 1.87. The van der Waals surface area contributed by atoms with E-state index in [0.717, 1.165) is 22.2 Å². The van der Waals surface area contributed by atoms with Gasteiger partial charge in [0, 0.05) is 16.8 Å². The van der Waals surface area contributed by atoms with Gasteiger partial charge in [-0.05, 0) is 36.8 Å². The number of nitrogens with one attached hydrogen (secondary N) is 1. The molecule has 16 heavy (non-hydrogen) atoms. The summed E-state index contributed by atoms with van der Waals surface area (Å²) < 4.78 is 5.31. The summed E-state index contributed by atoms with van der Waals surface area (Å²) in [5, 5.41) is 4.25. The third-order valence-corrected chi connectivity index (χ3v) is 4.13. The van der Waals surface area contributed by atoms with Crippen molar-refractivity contribution in [3.63, 3.8) is 0 Å². The minimum atomic E-state index is 0.533. The highest BCUT2D eigenvalue weighted by molar-refractivity contribution is 7.99. The topological polar surface area (TPSA) is 21.3 Å². The number of hydrogen-bond acceptors (Lipinski definition) is 3. The van der Waals surface area contributed by atoms with E-state index in [4.69, 9.17) is 16.3 Å². The average molecular weight is 258 g/mol. The largest absolute Gasteiger partial charge is 0.495 e. The Morgan fingerprint density at radius 3 is 3.06 bits per heavy atom. The molecule has 1 aliphatic heterocycles. The molecular formula is C12H16ClNOS. The first-order chi connectivity index (χ1) is 7.79. The first-order valence-corrected chi connectivity index (χ1v) is 7.00. The van der Waals surface area contributed by atoms with Crippen LogP contribution in [0.25, 0.3) is 0 Å². The number of rotatable bonds is 3. The molecule has 0 spiro atoms. The van der Waals surface area contributed by atoms with E-state index in [1.165, 1.54) is 18.6 Å². The van der Waals surface area contributed by atoms with Crippen molar-refractivity contribution in [1.82, 2.24) is 0 Å². The molecule has 1 unspecified atom stereocenters. The van der Waals surface area contributed by atoms with E-state index in [-0.39, 0.29) is 0 Å². The molecular weight excluding hydrogens is 242 g/mol. The van der Waals surface area contributed by atoms with Crippen molar-refractivity contribution in [2.45, 2.75) is 18.9 Å². The third-order valence-electron chi connectivity index (χ3n) is 2.68. The number of benzene rings is 1. The summed E-state index contributed by atoms with van der Waals surface area (Å²) in [7, 11) is 1.68. The van der Waals surface area contributed by atoms with Crippen molar-refractivity contribution >= 4 is 29.1 Å². The maximum atomic E-state index is 5.99. The Hall–Kier alpha value is -0.540. The molecule has 0 radical (unpaired) electrons. The van der Waals surface area contributed by atoms with Crippen LogP contribution in [0.15, 0.2) is 18.2 Å². The number of thioether (sulfide) groups is 1. The molecule has 4 heteroatoms. The van der Waals surface area contributed by atoms with E-state index >= 15 is 0 Å². The van der Waals surface area contributed by atoms with Gasteiger partial charge in [0.1, 0.15) is 5.75 Å². The quantitative estimate of drug-likeness (QED) is 0.893. The molecule has 2 rings (SSSR count). The van der Waals surface area contributed by atoms with Crippen LogP contribution in [0.1, 0.15) is 12.8 Å². The molecule has 1 N–H and O–H groups in total. The molecule has 0 saturated carbocycles. The highest BCUT2D eigenvalue weighted by atomic mass is 35.5. The van der Waals surface area contributed by atoms with Gasteiger partial charge in [0.15, 0.2) is 0 Å². The predicted molar refractivity (Wildman–Crippen MR) is 72.0 cm³/mol. The molecule has 1 aliphatic rings. The molecule has 0 aromatic heterocycles. The fraction of sp³-hybridized carbons (Fsp3) is 0.500. The Kier molecular flexibility index (Phi) is 4.24. The van der Waals surface area contributed by atoms with Crippen molar-refractivity contribution in [3.05, 3.63) is 23.2 Å². The Bertz CT molecular complexity index is 353. The minimum Gasteiger partial charge on any atom is -0.495 e. The van der Waals surface area contributed by atoms with Gasteiger partial charge in [0.25, 0.3) is 0 Å². The van der Waals surface area contributed by atoms with Crippen molar-refractivity contribution in [2.24, 2.45) is 0 Å². The van der Waals surface area contributed by atoms with Gasteiger partial charge in [-0.2, -0.15) is 11.8 Å². The lowest BCUT2D eigenvalue weighted by atomic mass is 10.1. The number of halogens is 1. The summed E-state index contributed by atoms with van der Waals surface area (Å²) in [5.41, 5.74) is 1.00. The van der Waals surface area contributed by atoms with E-state index in [0.29, 0.717) is 6.04 Å². The lowest BCUT2D eigenvalue weighted by molar-refractivity contribution is 0.416. The lowest BCUT2D eigenvalue weighted by Gasteiger charge is -2.24. The van der Waals surface area contributed by atoms with E-state index in [2.05, 4.69) is 5.32 Å². The normalized spacial score (nSPS) is 20.5. The zero-order valence-electron chi connectivity index (χ0n) is 9.33. The summed E-state index contributed by atoms with van der Waals surface area (Å²) in [6.45, 7) is 0. The molecule has 0 bridgehead atoms. The van der Waals surface area contributed by atoms with Crippen LogP contribution in [0.4, 0.5) is 5.69 Å². The van der Waals surface area contributed by atoms with Crippen LogP contribution in [0.2, 0.25) is 5.02 Å². The van der Waals surface area contributed by atoms with Crippen molar-refractivity contribution < 1.29 is 4.74 Å². The first-order valence-electron chi connectivity index (χ1n) is 5.47. The second-order valence-electron chi connectivity index (χ2n) is 3.90. The Balaban J connectivity index is 2.09. The number of anilines is 1. The van der Waals surface area contributed by atoms with Crippen LogP contribution in [0.3, 0.4) is 0 Å². The smallest absolute Gasteiger partial charge is 0.142 e. The van der Waals surface area contributed by atoms with Gasteiger partial charge in [0.2, 0.25) is 0 Å². The van der Waals surface area contributed by atoms with Gasteiger partial charge in [-0.3, -0.25) is 0 Å². The SMILES string of the molecule is COc1ccc(Cl)cc1NC1CCCSC1. The molecule has 0 aliphatic carbocycles. The van der Waals surface area contributed by atoms with E-state index < -0.39 is 0 Å². The molecule has 2 nitrogen and oxygen atoms in total. The minimum absolute atomic E-state index is 0.533. The first kappa shape index (κ1) is 11.9. The monoisotopic (exact) mass is 257 g/mol. The maximum absolute atomic E-state index is 5.99. The van der Waals surface area contributed by atoms with Crippen LogP contribution in [0.5, 0.6) is 5.75 Å². The van der Waals surface area contributed by atoms with Crippen LogP contribution >= 0.6 is 23.4 Å². The molecule has 1 atom stereocenters. The standard InChI is InChI=1S/C12H16ClNOS/c1-15-12-5-4-9(13)7-11(12)14-10-3-2-6-16-8-10/h4-5,7,10,14H,2-3,6,8H2,1H3. The summed E-state index contributed by atoms with van der Waals surface area (Å²) >= 11 is 7.99. The Morgan fingerprint density at radius 1 is 1.50 bits per heavy atom. The van der Waals surface area contributed by atoms with Gasteiger partial charge in [-0.1, -0.05) is 11.6 Å². The average Bonchev–Trinajstić information content (AvgIpc) is 2.31. The highest BCUT2D eigenvalue weighted by Gasteiger charge is 2.15. The van der Waals surface area contributed by atoms with E-state index in [9.17, 15) is 0 Å². The summed E-state index contributed by atoms with van der Waals surface area (Å²) in [4.78, 5) is 0. The zero-order valence-corrected chi connectivity index (χ0v) is 10.9. The number of methoxy groups -OCH3 is 1. The lowest BCUT2D eigenvalue weighted by Crippen LogP contribution is -2.25. The van der Waals surface area contributed by atoms with Crippen LogP contribution in [0, 0.1) is 0 Å². The van der Waals surface area contributed by atoms with Crippen molar-refractivity contribution in [3.8, 4) is 5.75 Å². The van der Waals surface area contributed by atoms with Crippen LogP contribution < -0.4 is 10.1 Å². The summed E-state index contributed by atoms with van der Waals surface area (Å²) in [6, 6.07) is 6.22. The molecule has 88 valence electrons. The molecule has 1 fully saturated rings. The summed E-state index contributed by atoms with van der Waals surface area (Å²) in [6.07, 6.45) is 2.51. The van der Waals surface area contributed by atoms with Gasteiger partial charge >= 0.3 is 0 Å². The molecule has 1 heterocycles. The molecule has 1 saturated heterocycles. The fourth-order valence-corrected chi connectivity index (χ4v) is 3.11. The molecule has 0 amide bonds. The Morgan fingerprint density at radius 2 is 2.38 bits per heavy atom. The Labute approximate surface area is 106 Å². The zero-order chi connectivity index (χ0) is 11.4. The maximum Gasteiger partial charge on any atom is 0.142 e. The molecule has 1 aromatic carbocycles. The van der Waals surface area contributed by atoms with Gasteiger partial charge in [0.05, 0.1) is 12.8 Å². The van der Waals surface area contributed by atoms with Crippen LogP contribution in [-0.4, -0.2) is 24.7 Å². The van der Waals surface area contributed by atoms with Gasteiger partial charge < -0.3 is 10.1 Å². The van der Waals surface area contributed by atoms with Gasteiger partial charge in [-0.25, -0.2) is 0 Å². The second-order valence-corrected chi connectivity index (χ2v) is 5.49. The van der Waals surface area contributed by atoms with Crippen molar-refractivity contribution in [2.75, 3.05) is 23.9 Å². The van der Waals surface area contributed by atoms with Gasteiger partial charge in [-0.15, -0.1) is 0 Å². The highest BCUT2D eigenvalue weighted by Crippen LogP contribution is 2.30. The summed E-state index contributed by atoms with van der Waals surface area (Å²) in [5.74, 6) is 3.31. The number of hydrogen-bond donors (Lipinski definition) is 1.